The third-order valence-electron chi connectivity index (χ3n) is 3.29. The van der Waals surface area contributed by atoms with Gasteiger partial charge in [0.05, 0.1) is 5.69 Å². The average molecular weight is 402 g/mol. The molecular weight excluding hydrogens is 382 g/mol. The van der Waals surface area contributed by atoms with Gasteiger partial charge in [-0.2, -0.15) is 0 Å². The number of piperazine rings is 1. The first-order valence-electron chi connectivity index (χ1n) is 6.66. The van der Waals surface area contributed by atoms with Crippen molar-refractivity contribution < 1.29 is 4.39 Å². The lowest BCUT2D eigenvalue weighted by molar-refractivity contribution is 0.379. The molecule has 0 aromatic heterocycles. The van der Waals surface area contributed by atoms with Crippen LogP contribution < -0.4 is 10.6 Å². The van der Waals surface area contributed by atoms with Crippen molar-refractivity contribution in [1.82, 2.24) is 4.90 Å². The predicted octanol–water partition coefficient (Wildman–Crippen LogP) is 1.90. The maximum absolute atomic E-state index is 13.7. The summed E-state index contributed by atoms with van der Waals surface area (Å²) >= 11 is 0. The van der Waals surface area contributed by atoms with E-state index in [1.54, 1.807) is 19.1 Å². The fraction of sp³-hybridized carbons (Fsp3) is 0.400. The Balaban J connectivity index is 0.00000220. The van der Waals surface area contributed by atoms with E-state index in [0.29, 0.717) is 18.2 Å². The molecule has 1 aromatic carbocycles. The third kappa shape index (κ3) is 4.77. The first-order valence-corrected chi connectivity index (χ1v) is 6.66. The van der Waals surface area contributed by atoms with Gasteiger partial charge in [0.25, 0.3) is 0 Å². The molecule has 1 fully saturated rings. The normalized spacial score (nSPS) is 15.0. The van der Waals surface area contributed by atoms with Crippen molar-refractivity contribution in [3.8, 4) is 11.8 Å². The van der Waals surface area contributed by atoms with E-state index in [9.17, 15) is 4.39 Å². The SMILES string of the molecule is CC#CCN=C(N)N1CCN(c2ccccc2F)CC1.I. The number of aliphatic imine (C=N–C) groups is 1. The molecule has 1 aliphatic heterocycles. The third-order valence-corrected chi connectivity index (χ3v) is 3.29. The molecule has 0 aliphatic carbocycles. The van der Waals surface area contributed by atoms with Gasteiger partial charge in [-0.3, -0.25) is 0 Å². The Hall–Kier alpha value is -1.49. The van der Waals surface area contributed by atoms with Crippen LogP contribution in [0.3, 0.4) is 0 Å². The van der Waals surface area contributed by atoms with Gasteiger partial charge in [-0.25, -0.2) is 9.38 Å². The second kappa shape index (κ2) is 8.72. The molecule has 0 spiro atoms. The smallest absolute Gasteiger partial charge is 0.192 e. The number of hydrogen-bond donors (Lipinski definition) is 1. The molecule has 0 unspecified atom stereocenters. The number of guanidine groups is 1. The Labute approximate surface area is 142 Å². The van der Waals surface area contributed by atoms with E-state index >= 15 is 0 Å². The molecule has 0 radical (unpaired) electrons. The Morgan fingerprint density at radius 3 is 2.57 bits per heavy atom. The summed E-state index contributed by atoms with van der Waals surface area (Å²) in [6.45, 7) is 5.15. The molecule has 4 nitrogen and oxygen atoms in total. The minimum Gasteiger partial charge on any atom is -0.370 e. The fourth-order valence-electron chi connectivity index (χ4n) is 2.18. The average Bonchev–Trinajstić information content (AvgIpc) is 2.48. The Kier molecular flexibility index (Phi) is 7.29. The minimum atomic E-state index is -0.180. The van der Waals surface area contributed by atoms with E-state index in [4.69, 9.17) is 5.73 Å². The number of nitrogens with zero attached hydrogens (tertiary/aromatic N) is 3. The molecular formula is C15H20FIN4. The highest BCUT2D eigenvalue weighted by atomic mass is 127. The lowest BCUT2D eigenvalue weighted by Gasteiger charge is -2.36. The maximum atomic E-state index is 13.7. The van der Waals surface area contributed by atoms with Gasteiger partial charge in [0.2, 0.25) is 0 Å². The van der Waals surface area contributed by atoms with Crippen molar-refractivity contribution in [2.75, 3.05) is 37.6 Å². The van der Waals surface area contributed by atoms with Gasteiger partial charge in [0, 0.05) is 26.2 Å². The van der Waals surface area contributed by atoms with Crippen molar-refractivity contribution in [3.63, 3.8) is 0 Å². The van der Waals surface area contributed by atoms with E-state index in [-0.39, 0.29) is 29.8 Å². The lowest BCUT2D eigenvalue weighted by Crippen LogP contribution is -2.51. The number of rotatable bonds is 2. The van der Waals surface area contributed by atoms with E-state index in [0.717, 1.165) is 26.2 Å². The highest BCUT2D eigenvalue weighted by Gasteiger charge is 2.20. The number of halogens is 2. The van der Waals surface area contributed by atoms with Gasteiger partial charge in [-0.15, -0.1) is 29.9 Å². The van der Waals surface area contributed by atoms with Crippen LogP contribution in [0.1, 0.15) is 6.92 Å². The first kappa shape index (κ1) is 17.6. The van der Waals surface area contributed by atoms with Crippen LogP contribution in [0.15, 0.2) is 29.3 Å². The molecule has 1 aromatic rings. The molecule has 2 N–H and O–H groups in total. The van der Waals surface area contributed by atoms with E-state index in [2.05, 4.69) is 16.8 Å². The second-order valence-corrected chi connectivity index (χ2v) is 4.53. The van der Waals surface area contributed by atoms with Crippen molar-refractivity contribution in [2.24, 2.45) is 10.7 Å². The van der Waals surface area contributed by atoms with Gasteiger partial charge in [0.1, 0.15) is 12.4 Å². The minimum absolute atomic E-state index is 0. The predicted molar refractivity (Wildman–Crippen MR) is 95.5 cm³/mol. The van der Waals surface area contributed by atoms with Crippen LogP contribution in [0.4, 0.5) is 10.1 Å². The van der Waals surface area contributed by atoms with Crippen molar-refractivity contribution in [3.05, 3.63) is 30.1 Å². The van der Waals surface area contributed by atoms with Crippen LogP contribution in [0.5, 0.6) is 0 Å². The zero-order valence-electron chi connectivity index (χ0n) is 12.1. The van der Waals surface area contributed by atoms with Crippen molar-refractivity contribution in [1.29, 1.82) is 0 Å². The summed E-state index contributed by atoms with van der Waals surface area (Å²) < 4.78 is 13.7. The Morgan fingerprint density at radius 2 is 1.95 bits per heavy atom. The number of benzene rings is 1. The molecule has 0 atom stereocenters. The number of para-hydroxylation sites is 1. The molecule has 0 amide bonds. The molecule has 114 valence electrons. The van der Waals surface area contributed by atoms with E-state index < -0.39 is 0 Å². The van der Waals surface area contributed by atoms with Crippen LogP contribution >= 0.6 is 24.0 Å². The van der Waals surface area contributed by atoms with Crippen LogP contribution in [0, 0.1) is 17.7 Å². The number of anilines is 1. The number of hydrogen-bond acceptors (Lipinski definition) is 2. The first-order chi connectivity index (χ1) is 9.72. The van der Waals surface area contributed by atoms with Gasteiger partial charge >= 0.3 is 0 Å². The summed E-state index contributed by atoms with van der Waals surface area (Å²) in [5, 5.41) is 0. The quantitative estimate of drug-likeness (QED) is 0.356. The van der Waals surface area contributed by atoms with Crippen LogP contribution in [0.25, 0.3) is 0 Å². The zero-order valence-corrected chi connectivity index (χ0v) is 14.4. The standard InChI is InChI=1S/C15H19FN4.HI/c1-2-3-8-18-15(17)20-11-9-19(10-12-20)14-7-5-4-6-13(14)16;/h4-7H,8-12H2,1H3,(H2,17,18);1H. The molecule has 21 heavy (non-hydrogen) atoms. The summed E-state index contributed by atoms with van der Waals surface area (Å²) in [5.41, 5.74) is 6.57. The van der Waals surface area contributed by atoms with Crippen LogP contribution in [0.2, 0.25) is 0 Å². The topological polar surface area (TPSA) is 44.9 Å². The lowest BCUT2D eigenvalue weighted by atomic mass is 10.2. The van der Waals surface area contributed by atoms with Crippen LogP contribution in [-0.4, -0.2) is 43.6 Å². The largest absolute Gasteiger partial charge is 0.370 e. The highest BCUT2D eigenvalue weighted by molar-refractivity contribution is 14.0. The van der Waals surface area contributed by atoms with E-state index in [1.807, 2.05) is 15.9 Å². The van der Waals surface area contributed by atoms with Gasteiger partial charge in [0.15, 0.2) is 5.96 Å². The maximum Gasteiger partial charge on any atom is 0.192 e. The molecule has 1 saturated heterocycles. The molecule has 2 rings (SSSR count). The molecule has 1 aliphatic rings. The van der Waals surface area contributed by atoms with Gasteiger partial charge in [-0.1, -0.05) is 18.1 Å². The molecule has 1 heterocycles. The second-order valence-electron chi connectivity index (χ2n) is 4.53. The molecule has 0 saturated carbocycles. The highest BCUT2D eigenvalue weighted by Crippen LogP contribution is 2.19. The Morgan fingerprint density at radius 1 is 1.29 bits per heavy atom. The molecule has 6 heteroatoms. The van der Waals surface area contributed by atoms with E-state index in [1.165, 1.54) is 6.07 Å². The monoisotopic (exact) mass is 402 g/mol. The summed E-state index contributed by atoms with van der Waals surface area (Å²) in [6, 6.07) is 6.85. The number of nitrogens with two attached hydrogens (primary N) is 1. The zero-order chi connectivity index (χ0) is 14.4. The van der Waals surface area contributed by atoms with Gasteiger partial charge < -0.3 is 15.5 Å². The summed E-state index contributed by atoms with van der Waals surface area (Å²) in [5.74, 6) is 5.97. The van der Waals surface area contributed by atoms with Crippen LogP contribution in [-0.2, 0) is 0 Å². The fourth-order valence-corrected chi connectivity index (χ4v) is 2.18. The van der Waals surface area contributed by atoms with Crippen molar-refractivity contribution in [2.45, 2.75) is 6.92 Å². The van der Waals surface area contributed by atoms with Gasteiger partial charge in [-0.05, 0) is 19.1 Å². The van der Waals surface area contributed by atoms with Crippen molar-refractivity contribution >= 4 is 35.6 Å². The summed E-state index contributed by atoms with van der Waals surface area (Å²) in [7, 11) is 0. The summed E-state index contributed by atoms with van der Waals surface area (Å²) in [6.07, 6.45) is 0. The molecule has 0 bridgehead atoms. The Bertz CT molecular complexity index is 542. The summed E-state index contributed by atoms with van der Waals surface area (Å²) in [4.78, 5) is 8.25.